The number of aliphatic hydroxyl groups excluding tert-OH is 1. The number of carbonyl (C=O) groups excluding carboxylic acids is 1. The lowest BCUT2D eigenvalue weighted by atomic mass is 9.93. The lowest BCUT2D eigenvalue weighted by molar-refractivity contribution is 0.0192. The fraction of sp³-hybridized carbons (Fsp3) is 0.632. The number of benzene rings is 1. The predicted molar refractivity (Wildman–Crippen MR) is 101 cm³/mol. The molecule has 3 rings (SSSR count). The van der Waals surface area contributed by atoms with Crippen LogP contribution >= 0.6 is 0 Å². The van der Waals surface area contributed by atoms with Crippen LogP contribution in [0.5, 0.6) is 11.5 Å². The van der Waals surface area contributed by atoms with Crippen LogP contribution < -0.4 is 20.5 Å². The van der Waals surface area contributed by atoms with E-state index in [9.17, 15) is 9.90 Å². The van der Waals surface area contributed by atoms with E-state index in [1.165, 1.54) is 0 Å². The van der Waals surface area contributed by atoms with Crippen molar-refractivity contribution in [1.29, 1.82) is 0 Å². The summed E-state index contributed by atoms with van der Waals surface area (Å²) in [4.78, 5) is 14.9. The van der Waals surface area contributed by atoms with Gasteiger partial charge < -0.3 is 35.3 Å². The number of hydrogen-bond acceptors (Lipinski definition) is 7. The highest BCUT2D eigenvalue weighted by molar-refractivity contribution is 5.99. The van der Waals surface area contributed by atoms with Gasteiger partial charge in [-0.2, -0.15) is 0 Å². The maximum absolute atomic E-state index is 12.6. The molecule has 2 heterocycles. The zero-order valence-electron chi connectivity index (χ0n) is 15.8. The van der Waals surface area contributed by atoms with Gasteiger partial charge in [0.25, 0.3) is 5.91 Å². The van der Waals surface area contributed by atoms with Crippen molar-refractivity contribution in [2.24, 2.45) is 5.92 Å². The van der Waals surface area contributed by atoms with Crippen LogP contribution in [0, 0.1) is 5.92 Å². The molecule has 0 saturated carbocycles. The fourth-order valence-electron chi connectivity index (χ4n) is 3.58. The van der Waals surface area contributed by atoms with E-state index in [1.54, 1.807) is 19.2 Å². The largest absolute Gasteiger partial charge is 0.486 e. The van der Waals surface area contributed by atoms with Gasteiger partial charge in [-0.05, 0) is 25.5 Å². The number of hydrogen-bond donors (Lipinski definition) is 3. The number of ether oxygens (including phenoxy) is 3. The molecule has 0 aliphatic carbocycles. The van der Waals surface area contributed by atoms with Crippen LogP contribution in [0.2, 0.25) is 0 Å². The molecule has 150 valence electrons. The predicted octanol–water partition coefficient (Wildman–Crippen LogP) is 0.489. The Labute approximate surface area is 159 Å². The standard InChI is InChI=1S/C19H29N3O5/c1-25-6-2-4-22-5-3-13(16(23)12-22)11-21-19(24)15-9-14(20)10-17-18(15)27-8-7-26-17/h9-10,13,16,23H,2-8,11-12,20H2,1H3,(H,21,24)/t13-,16?/m0/s1. The summed E-state index contributed by atoms with van der Waals surface area (Å²) in [5, 5.41) is 13.3. The average Bonchev–Trinajstić information content (AvgIpc) is 2.66. The summed E-state index contributed by atoms with van der Waals surface area (Å²) in [6, 6.07) is 3.26. The smallest absolute Gasteiger partial charge is 0.255 e. The highest BCUT2D eigenvalue weighted by atomic mass is 16.6. The van der Waals surface area contributed by atoms with Crippen molar-refractivity contribution in [1.82, 2.24) is 10.2 Å². The molecule has 2 aliphatic rings. The molecule has 1 unspecified atom stereocenters. The number of nitrogens with one attached hydrogen (secondary N) is 1. The van der Waals surface area contributed by atoms with Crippen LogP contribution in [0.4, 0.5) is 5.69 Å². The van der Waals surface area contributed by atoms with Crippen LogP contribution in [-0.4, -0.2) is 75.1 Å². The first kappa shape index (κ1) is 19.7. The van der Waals surface area contributed by atoms with Crippen molar-refractivity contribution < 1.29 is 24.1 Å². The number of β-amino-alcohol motifs (C(OH)–C–C–N with tert-alkyl or cyclic N) is 1. The molecule has 0 radical (unpaired) electrons. The monoisotopic (exact) mass is 379 g/mol. The highest BCUT2D eigenvalue weighted by Crippen LogP contribution is 2.36. The van der Waals surface area contributed by atoms with Crippen LogP contribution in [0.15, 0.2) is 12.1 Å². The number of amides is 1. The van der Waals surface area contributed by atoms with Crippen LogP contribution in [0.3, 0.4) is 0 Å². The molecule has 0 spiro atoms. The molecule has 1 amide bonds. The van der Waals surface area contributed by atoms with E-state index in [-0.39, 0.29) is 11.8 Å². The van der Waals surface area contributed by atoms with E-state index in [0.717, 1.165) is 32.5 Å². The average molecular weight is 379 g/mol. The van der Waals surface area contributed by atoms with E-state index in [1.807, 2.05) is 0 Å². The normalized spacial score (nSPS) is 22.4. The topological polar surface area (TPSA) is 106 Å². The lowest BCUT2D eigenvalue weighted by Crippen LogP contribution is -2.48. The van der Waals surface area contributed by atoms with Crippen molar-refractivity contribution in [3.63, 3.8) is 0 Å². The number of aliphatic hydroxyl groups is 1. The first-order valence-corrected chi connectivity index (χ1v) is 9.45. The van der Waals surface area contributed by atoms with Gasteiger partial charge in [0.05, 0.1) is 11.7 Å². The molecule has 1 aromatic carbocycles. The fourth-order valence-corrected chi connectivity index (χ4v) is 3.58. The molecule has 2 atom stereocenters. The quantitative estimate of drug-likeness (QED) is 0.468. The van der Waals surface area contributed by atoms with Crippen LogP contribution in [0.1, 0.15) is 23.2 Å². The summed E-state index contributed by atoms with van der Waals surface area (Å²) >= 11 is 0. The van der Waals surface area contributed by atoms with Crippen molar-refractivity contribution in [3.8, 4) is 11.5 Å². The molecule has 1 saturated heterocycles. The van der Waals surface area contributed by atoms with E-state index >= 15 is 0 Å². The number of piperidine rings is 1. The first-order chi connectivity index (χ1) is 13.1. The molecule has 2 aliphatic heterocycles. The molecule has 1 aromatic rings. The van der Waals surface area contributed by atoms with E-state index in [2.05, 4.69) is 10.2 Å². The lowest BCUT2D eigenvalue weighted by Gasteiger charge is -2.36. The number of anilines is 1. The Bertz CT molecular complexity index is 654. The molecular formula is C19H29N3O5. The Morgan fingerprint density at radius 3 is 3.00 bits per heavy atom. The highest BCUT2D eigenvalue weighted by Gasteiger charge is 2.28. The number of rotatable bonds is 7. The molecule has 8 nitrogen and oxygen atoms in total. The third-order valence-electron chi connectivity index (χ3n) is 5.06. The second-order valence-electron chi connectivity index (χ2n) is 7.07. The summed E-state index contributed by atoms with van der Waals surface area (Å²) in [5.41, 5.74) is 6.70. The van der Waals surface area contributed by atoms with E-state index < -0.39 is 6.10 Å². The maximum Gasteiger partial charge on any atom is 0.255 e. The minimum Gasteiger partial charge on any atom is -0.486 e. The van der Waals surface area contributed by atoms with Crippen molar-refractivity contribution in [2.45, 2.75) is 18.9 Å². The Morgan fingerprint density at radius 1 is 1.41 bits per heavy atom. The summed E-state index contributed by atoms with van der Waals surface area (Å²) in [5.74, 6) is 0.692. The van der Waals surface area contributed by atoms with Crippen LogP contribution in [-0.2, 0) is 4.74 Å². The van der Waals surface area contributed by atoms with Gasteiger partial charge in [0.15, 0.2) is 11.5 Å². The number of nitrogens with two attached hydrogens (primary N) is 1. The van der Waals surface area contributed by atoms with Crippen molar-refractivity contribution in [2.75, 3.05) is 58.8 Å². The summed E-state index contributed by atoms with van der Waals surface area (Å²) in [7, 11) is 1.69. The van der Waals surface area contributed by atoms with Gasteiger partial charge in [-0.3, -0.25) is 4.79 Å². The number of methoxy groups -OCH3 is 1. The Hall–Kier alpha value is -2.03. The van der Waals surface area contributed by atoms with Gasteiger partial charge in [-0.25, -0.2) is 0 Å². The number of likely N-dealkylation sites (tertiary alicyclic amines) is 1. The SMILES string of the molecule is COCCCN1CC[C@@H](CNC(=O)c2cc(N)cc3c2OCCO3)C(O)C1. The Morgan fingerprint density at radius 2 is 2.22 bits per heavy atom. The minimum absolute atomic E-state index is 0.0293. The maximum atomic E-state index is 12.6. The summed E-state index contributed by atoms with van der Waals surface area (Å²) < 4.78 is 16.2. The molecule has 27 heavy (non-hydrogen) atoms. The molecular weight excluding hydrogens is 350 g/mol. The van der Waals surface area contributed by atoms with Gasteiger partial charge in [-0.15, -0.1) is 0 Å². The summed E-state index contributed by atoms with van der Waals surface area (Å²) in [6.07, 6.45) is 1.33. The third-order valence-corrected chi connectivity index (χ3v) is 5.06. The molecule has 1 fully saturated rings. The second kappa shape index (κ2) is 9.25. The van der Waals surface area contributed by atoms with Crippen molar-refractivity contribution in [3.05, 3.63) is 17.7 Å². The van der Waals surface area contributed by atoms with Gasteiger partial charge in [0.2, 0.25) is 0 Å². The molecule has 0 aromatic heterocycles. The zero-order chi connectivity index (χ0) is 19.2. The minimum atomic E-state index is -0.462. The van der Waals surface area contributed by atoms with Crippen molar-refractivity contribution >= 4 is 11.6 Å². The zero-order valence-corrected chi connectivity index (χ0v) is 15.8. The Kier molecular flexibility index (Phi) is 6.76. The molecule has 0 bridgehead atoms. The van der Waals surface area contributed by atoms with Gasteiger partial charge in [0.1, 0.15) is 13.2 Å². The molecule has 4 N–H and O–H groups in total. The van der Waals surface area contributed by atoms with Gasteiger partial charge in [0, 0.05) is 51.0 Å². The van der Waals surface area contributed by atoms with Gasteiger partial charge >= 0.3 is 0 Å². The van der Waals surface area contributed by atoms with E-state index in [4.69, 9.17) is 19.9 Å². The second-order valence-corrected chi connectivity index (χ2v) is 7.07. The Balaban J connectivity index is 1.53. The molecule has 8 heteroatoms. The van der Waals surface area contributed by atoms with Crippen LogP contribution in [0.25, 0.3) is 0 Å². The third kappa shape index (κ3) is 5.03. The number of nitrogen functional groups attached to an aromatic ring is 1. The first-order valence-electron chi connectivity index (χ1n) is 9.45. The van der Waals surface area contributed by atoms with Gasteiger partial charge in [-0.1, -0.05) is 0 Å². The number of carbonyl (C=O) groups is 1. The number of fused-ring (bicyclic) bond motifs is 1. The van der Waals surface area contributed by atoms with E-state index in [0.29, 0.717) is 49.1 Å². The summed E-state index contributed by atoms with van der Waals surface area (Å²) in [6.45, 7) is 4.42. The number of nitrogens with zero attached hydrogens (tertiary/aromatic N) is 1.